The Balaban J connectivity index is 2.19. The fourth-order valence-electron chi connectivity index (χ4n) is 2.05. The molecule has 0 aromatic heterocycles. The summed E-state index contributed by atoms with van der Waals surface area (Å²) in [6, 6.07) is 3.41. The van der Waals surface area contributed by atoms with Gasteiger partial charge in [-0.15, -0.1) is 0 Å². The van der Waals surface area contributed by atoms with Gasteiger partial charge in [-0.05, 0) is 44.4 Å². The van der Waals surface area contributed by atoms with E-state index >= 15 is 0 Å². The number of nitrogens with two attached hydrogens (primary N) is 1. The van der Waals surface area contributed by atoms with Crippen LogP contribution >= 0.6 is 11.6 Å². The van der Waals surface area contributed by atoms with Crippen molar-refractivity contribution >= 4 is 28.9 Å². The van der Waals surface area contributed by atoms with Gasteiger partial charge in [0.2, 0.25) is 0 Å². The zero-order valence-electron chi connectivity index (χ0n) is 10.5. The molecular formula is C13H17ClN2O2. The molecule has 1 aliphatic heterocycles. The summed E-state index contributed by atoms with van der Waals surface area (Å²) >= 11 is 5.96. The summed E-state index contributed by atoms with van der Waals surface area (Å²) in [6.07, 6.45) is 1.64. The molecule has 1 unspecified atom stereocenters. The van der Waals surface area contributed by atoms with Crippen molar-refractivity contribution in [2.75, 3.05) is 17.7 Å². The van der Waals surface area contributed by atoms with E-state index < -0.39 is 5.60 Å². The quantitative estimate of drug-likeness (QED) is 0.811. The highest BCUT2D eigenvalue weighted by atomic mass is 35.5. The second-order valence-electron chi connectivity index (χ2n) is 4.83. The molecule has 0 spiro atoms. The molecule has 98 valence electrons. The van der Waals surface area contributed by atoms with Crippen molar-refractivity contribution in [3.63, 3.8) is 0 Å². The van der Waals surface area contributed by atoms with Crippen molar-refractivity contribution in [3.8, 4) is 0 Å². The van der Waals surface area contributed by atoms with E-state index in [1.807, 2.05) is 13.8 Å². The lowest BCUT2D eigenvalue weighted by molar-refractivity contribution is -0.133. The van der Waals surface area contributed by atoms with Crippen LogP contribution in [0.1, 0.15) is 25.3 Å². The maximum atomic E-state index is 12.2. The largest absolute Gasteiger partial charge is 0.398 e. The maximum Gasteiger partial charge on any atom is 0.256 e. The number of nitrogens with one attached hydrogen (secondary N) is 1. The van der Waals surface area contributed by atoms with Crippen LogP contribution in [0.4, 0.5) is 11.4 Å². The number of aryl methyl sites for hydroxylation is 1. The second kappa shape index (κ2) is 4.78. The highest BCUT2D eigenvalue weighted by Gasteiger charge is 2.37. The molecule has 1 heterocycles. The van der Waals surface area contributed by atoms with Gasteiger partial charge in [0.15, 0.2) is 0 Å². The lowest BCUT2D eigenvalue weighted by atomic mass is 10.0. The molecule has 1 atom stereocenters. The average Bonchev–Trinajstić information content (AvgIpc) is 2.74. The number of rotatable bonds is 2. The van der Waals surface area contributed by atoms with Crippen LogP contribution in [0.5, 0.6) is 0 Å². The van der Waals surface area contributed by atoms with Gasteiger partial charge in [-0.2, -0.15) is 0 Å². The van der Waals surface area contributed by atoms with E-state index in [9.17, 15) is 4.79 Å². The molecule has 0 saturated carbocycles. The van der Waals surface area contributed by atoms with Crippen LogP contribution in [0, 0.1) is 6.92 Å². The van der Waals surface area contributed by atoms with Gasteiger partial charge in [-0.3, -0.25) is 4.79 Å². The van der Waals surface area contributed by atoms with Crippen LogP contribution in [0.3, 0.4) is 0 Å². The first-order valence-electron chi connectivity index (χ1n) is 5.93. The maximum absolute atomic E-state index is 12.2. The number of ether oxygens (including phenoxy) is 1. The van der Waals surface area contributed by atoms with Crippen LogP contribution in [0.2, 0.25) is 5.02 Å². The van der Waals surface area contributed by atoms with Crippen LogP contribution in [-0.2, 0) is 9.53 Å². The Morgan fingerprint density at radius 2 is 2.28 bits per heavy atom. The second-order valence-corrected chi connectivity index (χ2v) is 5.23. The summed E-state index contributed by atoms with van der Waals surface area (Å²) in [7, 11) is 0. The molecule has 2 rings (SSSR count). The third-order valence-corrected chi connectivity index (χ3v) is 3.62. The predicted molar refractivity (Wildman–Crippen MR) is 72.8 cm³/mol. The molecule has 18 heavy (non-hydrogen) atoms. The molecule has 5 heteroatoms. The Kier molecular flexibility index (Phi) is 3.50. The molecule has 3 N–H and O–H groups in total. The molecule has 1 aliphatic rings. The van der Waals surface area contributed by atoms with Crippen molar-refractivity contribution in [2.24, 2.45) is 0 Å². The molecular weight excluding hydrogens is 252 g/mol. The molecule has 0 radical (unpaired) electrons. The van der Waals surface area contributed by atoms with Crippen molar-refractivity contribution < 1.29 is 9.53 Å². The Morgan fingerprint density at radius 1 is 1.56 bits per heavy atom. The number of carbonyl (C=O) groups is 1. The van der Waals surface area contributed by atoms with Gasteiger partial charge in [0.25, 0.3) is 5.91 Å². The number of halogens is 1. The Morgan fingerprint density at radius 3 is 2.89 bits per heavy atom. The fraction of sp³-hybridized carbons (Fsp3) is 0.462. The predicted octanol–water partition coefficient (Wildman–Crippen LogP) is 2.74. The summed E-state index contributed by atoms with van der Waals surface area (Å²) in [6.45, 7) is 4.31. The fourth-order valence-corrected chi connectivity index (χ4v) is 2.21. The number of nitrogen functional groups attached to an aromatic ring is 1. The lowest BCUT2D eigenvalue weighted by Gasteiger charge is -2.22. The Labute approximate surface area is 111 Å². The average molecular weight is 269 g/mol. The van der Waals surface area contributed by atoms with E-state index in [4.69, 9.17) is 22.1 Å². The normalized spacial score (nSPS) is 23.1. The zero-order chi connectivity index (χ0) is 13.3. The van der Waals surface area contributed by atoms with Gasteiger partial charge >= 0.3 is 0 Å². The third-order valence-electron chi connectivity index (χ3n) is 3.29. The van der Waals surface area contributed by atoms with Crippen LogP contribution in [0.15, 0.2) is 12.1 Å². The minimum atomic E-state index is -0.736. The van der Waals surface area contributed by atoms with Gasteiger partial charge in [-0.1, -0.05) is 11.6 Å². The summed E-state index contributed by atoms with van der Waals surface area (Å²) in [4.78, 5) is 12.2. The topological polar surface area (TPSA) is 64.3 Å². The highest BCUT2D eigenvalue weighted by Crippen LogP contribution is 2.30. The summed E-state index contributed by atoms with van der Waals surface area (Å²) in [5, 5.41) is 3.30. The molecule has 0 bridgehead atoms. The first kappa shape index (κ1) is 13.2. The number of benzene rings is 1. The molecule has 4 nitrogen and oxygen atoms in total. The van der Waals surface area contributed by atoms with Crippen molar-refractivity contribution in [3.05, 3.63) is 22.7 Å². The standard InChI is InChI=1S/C13H17ClN2O2/c1-8-6-10(15)9(14)7-11(8)16-12(17)13(2)4-3-5-18-13/h6-7H,3-5,15H2,1-2H3,(H,16,17). The Bertz CT molecular complexity index is 482. The monoisotopic (exact) mass is 268 g/mol. The van der Waals surface area contributed by atoms with Crippen molar-refractivity contribution in [1.29, 1.82) is 0 Å². The highest BCUT2D eigenvalue weighted by molar-refractivity contribution is 6.33. The van der Waals surface area contributed by atoms with E-state index in [1.165, 1.54) is 0 Å². The smallest absolute Gasteiger partial charge is 0.256 e. The summed E-state index contributed by atoms with van der Waals surface area (Å²) in [5.41, 5.74) is 7.03. The number of carbonyl (C=O) groups excluding carboxylic acids is 1. The summed E-state index contributed by atoms with van der Waals surface area (Å²) < 4.78 is 5.50. The lowest BCUT2D eigenvalue weighted by Crippen LogP contribution is -2.39. The van der Waals surface area contributed by atoms with Crippen LogP contribution < -0.4 is 11.1 Å². The number of anilines is 2. The van der Waals surface area contributed by atoms with Gasteiger partial charge < -0.3 is 15.8 Å². The minimum absolute atomic E-state index is 0.135. The van der Waals surface area contributed by atoms with Gasteiger partial charge in [-0.25, -0.2) is 0 Å². The number of hydrogen-bond acceptors (Lipinski definition) is 3. The molecule has 1 aromatic rings. The van der Waals surface area contributed by atoms with E-state index in [0.717, 1.165) is 18.4 Å². The van der Waals surface area contributed by atoms with Gasteiger partial charge in [0.05, 0.1) is 10.7 Å². The first-order valence-corrected chi connectivity index (χ1v) is 6.31. The van der Waals surface area contributed by atoms with Gasteiger partial charge in [0, 0.05) is 12.3 Å². The summed E-state index contributed by atoms with van der Waals surface area (Å²) in [5.74, 6) is -0.135. The van der Waals surface area contributed by atoms with Crippen molar-refractivity contribution in [2.45, 2.75) is 32.3 Å². The molecule has 1 fully saturated rings. The van der Waals surface area contributed by atoms with Gasteiger partial charge in [0.1, 0.15) is 5.60 Å². The SMILES string of the molecule is Cc1cc(N)c(Cl)cc1NC(=O)C1(C)CCCO1. The molecule has 1 aromatic carbocycles. The van der Waals surface area contributed by atoms with E-state index in [2.05, 4.69) is 5.32 Å². The molecule has 1 saturated heterocycles. The molecule has 0 aliphatic carbocycles. The Hall–Kier alpha value is -1.26. The third kappa shape index (κ3) is 2.44. The van der Waals surface area contributed by atoms with E-state index in [1.54, 1.807) is 12.1 Å². The zero-order valence-corrected chi connectivity index (χ0v) is 11.3. The number of hydrogen-bond donors (Lipinski definition) is 2. The molecule has 1 amide bonds. The number of amides is 1. The first-order chi connectivity index (χ1) is 8.42. The minimum Gasteiger partial charge on any atom is -0.398 e. The van der Waals surface area contributed by atoms with Crippen LogP contribution in [-0.4, -0.2) is 18.1 Å². The van der Waals surface area contributed by atoms with Crippen molar-refractivity contribution in [1.82, 2.24) is 0 Å². The van der Waals surface area contributed by atoms with E-state index in [-0.39, 0.29) is 5.91 Å². The van der Waals surface area contributed by atoms with E-state index in [0.29, 0.717) is 23.0 Å². The van der Waals surface area contributed by atoms with Crippen LogP contribution in [0.25, 0.3) is 0 Å².